The van der Waals surface area contributed by atoms with Crippen molar-refractivity contribution in [2.75, 3.05) is 0 Å². The smallest absolute Gasteiger partial charge is 0.280 e. The average molecular weight is 246 g/mol. The minimum Gasteiger partial charge on any atom is -0.318 e. The van der Waals surface area contributed by atoms with E-state index in [4.69, 9.17) is 0 Å². The summed E-state index contributed by atoms with van der Waals surface area (Å²) in [6.07, 6.45) is 0. The zero-order chi connectivity index (χ0) is 13.3. The van der Waals surface area contributed by atoms with Gasteiger partial charge in [-0.3, -0.25) is 4.79 Å². The number of hydrogen-bond acceptors (Lipinski definition) is 1. The Morgan fingerprint density at radius 2 is 1.78 bits per heavy atom. The molecule has 2 aromatic rings. The molecule has 1 aromatic heterocycles. The summed E-state index contributed by atoms with van der Waals surface area (Å²) in [5.74, 6) is -0.707. The SMILES string of the molecule is Cc1ccc(-n2c(C)cc(C(=O)NF)c2C)cc1. The first-order valence-corrected chi connectivity index (χ1v) is 5.71. The number of amides is 1. The molecule has 0 bridgehead atoms. The second-order valence-electron chi connectivity index (χ2n) is 4.38. The van der Waals surface area contributed by atoms with Crippen molar-refractivity contribution in [1.29, 1.82) is 0 Å². The van der Waals surface area contributed by atoms with Crippen LogP contribution in [0.3, 0.4) is 0 Å². The van der Waals surface area contributed by atoms with Gasteiger partial charge in [-0.15, -0.1) is 0 Å². The normalized spacial score (nSPS) is 10.4. The molecular formula is C14H15FN2O. The van der Waals surface area contributed by atoms with E-state index in [0.717, 1.165) is 17.1 Å². The van der Waals surface area contributed by atoms with Crippen molar-refractivity contribution in [2.45, 2.75) is 20.8 Å². The molecule has 18 heavy (non-hydrogen) atoms. The van der Waals surface area contributed by atoms with E-state index < -0.39 is 5.91 Å². The van der Waals surface area contributed by atoms with Crippen molar-refractivity contribution < 1.29 is 9.28 Å². The Hall–Kier alpha value is -2.10. The first-order chi connectivity index (χ1) is 8.54. The lowest BCUT2D eigenvalue weighted by molar-refractivity contribution is 0.0859. The molecule has 4 heteroatoms. The summed E-state index contributed by atoms with van der Waals surface area (Å²) in [6, 6.07) is 9.65. The number of aromatic nitrogens is 1. The molecule has 0 spiro atoms. The Balaban J connectivity index is 2.55. The first kappa shape index (κ1) is 12.4. The second-order valence-corrected chi connectivity index (χ2v) is 4.38. The molecule has 94 valence electrons. The summed E-state index contributed by atoms with van der Waals surface area (Å²) in [6.45, 7) is 5.71. The Morgan fingerprint density at radius 1 is 1.17 bits per heavy atom. The van der Waals surface area contributed by atoms with Gasteiger partial charge in [-0.2, -0.15) is 5.54 Å². The predicted molar refractivity (Wildman–Crippen MR) is 68.6 cm³/mol. The zero-order valence-corrected chi connectivity index (χ0v) is 10.6. The summed E-state index contributed by atoms with van der Waals surface area (Å²) < 4.78 is 14.2. The van der Waals surface area contributed by atoms with Crippen LogP contribution < -0.4 is 5.54 Å². The van der Waals surface area contributed by atoms with Gasteiger partial charge in [0.25, 0.3) is 5.91 Å². The van der Waals surface area contributed by atoms with Crippen LogP contribution in [0.4, 0.5) is 4.48 Å². The number of rotatable bonds is 2. The Kier molecular flexibility index (Phi) is 3.19. The summed E-state index contributed by atoms with van der Waals surface area (Å²) in [4.78, 5) is 11.4. The van der Waals surface area contributed by atoms with Crippen LogP contribution in [0.1, 0.15) is 27.3 Å². The summed E-state index contributed by atoms with van der Waals surface area (Å²) in [5, 5.41) is 0. The van der Waals surface area contributed by atoms with E-state index >= 15 is 0 Å². The molecule has 0 aliphatic heterocycles. The monoisotopic (exact) mass is 246 g/mol. The van der Waals surface area contributed by atoms with E-state index in [9.17, 15) is 9.28 Å². The summed E-state index contributed by atoms with van der Waals surface area (Å²) >= 11 is 0. The average Bonchev–Trinajstić information content (AvgIpc) is 2.65. The number of halogens is 1. The fourth-order valence-electron chi connectivity index (χ4n) is 2.13. The van der Waals surface area contributed by atoms with Gasteiger partial charge in [-0.1, -0.05) is 22.2 Å². The van der Waals surface area contributed by atoms with Gasteiger partial charge < -0.3 is 4.57 Å². The van der Waals surface area contributed by atoms with Crippen LogP contribution >= 0.6 is 0 Å². The van der Waals surface area contributed by atoms with E-state index in [1.807, 2.05) is 42.7 Å². The molecule has 1 N–H and O–H groups in total. The molecule has 0 radical (unpaired) electrons. The first-order valence-electron chi connectivity index (χ1n) is 5.71. The number of hydrogen-bond donors (Lipinski definition) is 1. The Morgan fingerprint density at radius 3 is 2.33 bits per heavy atom. The van der Waals surface area contributed by atoms with Crippen molar-refractivity contribution in [3.63, 3.8) is 0 Å². The van der Waals surface area contributed by atoms with E-state index in [1.165, 1.54) is 11.1 Å². The number of aryl methyl sites for hydroxylation is 2. The van der Waals surface area contributed by atoms with Crippen molar-refractivity contribution in [2.24, 2.45) is 0 Å². The number of benzene rings is 1. The van der Waals surface area contributed by atoms with Crippen LogP contribution in [0.2, 0.25) is 0 Å². The van der Waals surface area contributed by atoms with Gasteiger partial charge in [0.2, 0.25) is 0 Å². The van der Waals surface area contributed by atoms with Gasteiger partial charge in [0.15, 0.2) is 0 Å². The molecule has 0 fully saturated rings. The molecule has 0 atom stereocenters. The van der Waals surface area contributed by atoms with Gasteiger partial charge in [-0.05, 0) is 39.0 Å². The van der Waals surface area contributed by atoms with Crippen LogP contribution in [0, 0.1) is 20.8 Å². The van der Waals surface area contributed by atoms with Gasteiger partial charge in [0, 0.05) is 17.1 Å². The van der Waals surface area contributed by atoms with Gasteiger partial charge in [0.1, 0.15) is 0 Å². The molecule has 1 amide bonds. The molecule has 0 unspecified atom stereocenters. The van der Waals surface area contributed by atoms with Crippen molar-refractivity contribution in [3.8, 4) is 5.69 Å². The van der Waals surface area contributed by atoms with E-state index in [-0.39, 0.29) is 0 Å². The van der Waals surface area contributed by atoms with Gasteiger partial charge >= 0.3 is 0 Å². The minimum atomic E-state index is -0.707. The van der Waals surface area contributed by atoms with Crippen molar-refractivity contribution in [1.82, 2.24) is 10.1 Å². The van der Waals surface area contributed by atoms with E-state index in [2.05, 4.69) is 0 Å². The van der Waals surface area contributed by atoms with E-state index in [1.54, 1.807) is 13.0 Å². The van der Waals surface area contributed by atoms with Gasteiger partial charge in [-0.25, -0.2) is 0 Å². The van der Waals surface area contributed by atoms with Crippen LogP contribution in [-0.4, -0.2) is 10.5 Å². The highest BCUT2D eigenvalue weighted by molar-refractivity contribution is 5.95. The third kappa shape index (κ3) is 2.01. The lowest BCUT2D eigenvalue weighted by atomic mass is 10.2. The highest BCUT2D eigenvalue weighted by Gasteiger charge is 2.16. The van der Waals surface area contributed by atoms with Crippen LogP contribution in [0.5, 0.6) is 0 Å². The number of nitrogens with zero attached hydrogens (tertiary/aromatic N) is 1. The predicted octanol–water partition coefficient (Wildman–Crippen LogP) is 3.02. The second kappa shape index (κ2) is 4.64. The van der Waals surface area contributed by atoms with Gasteiger partial charge in [0.05, 0.1) is 5.56 Å². The number of carbonyl (C=O) groups is 1. The molecule has 0 saturated heterocycles. The summed E-state index contributed by atoms with van der Waals surface area (Å²) in [5.41, 5.74) is 5.29. The van der Waals surface area contributed by atoms with Crippen LogP contribution in [0.15, 0.2) is 30.3 Å². The Labute approximate surface area is 105 Å². The third-order valence-electron chi connectivity index (χ3n) is 3.05. The molecule has 0 aliphatic rings. The van der Waals surface area contributed by atoms with Crippen molar-refractivity contribution in [3.05, 3.63) is 52.8 Å². The number of nitrogens with one attached hydrogen (secondary N) is 1. The molecule has 2 rings (SSSR count). The molecule has 1 aromatic carbocycles. The van der Waals surface area contributed by atoms with Crippen molar-refractivity contribution >= 4 is 5.91 Å². The molecule has 1 heterocycles. The maximum absolute atomic E-state index is 12.2. The maximum Gasteiger partial charge on any atom is 0.280 e. The lowest BCUT2D eigenvalue weighted by Gasteiger charge is -2.09. The highest BCUT2D eigenvalue weighted by Crippen LogP contribution is 2.21. The summed E-state index contributed by atoms with van der Waals surface area (Å²) in [7, 11) is 0. The fraction of sp³-hybridized carbons (Fsp3) is 0.214. The van der Waals surface area contributed by atoms with Crippen LogP contribution in [-0.2, 0) is 0 Å². The third-order valence-corrected chi connectivity index (χ3v) is 3.05. The lowest BCUT2D eigenvalue weighted by Crippen LogP contribution is -2.14. The molecular weight excluding hydrogens is 231 g/mol. The largest absolute Gasteiger partial charge is 0.318 e. The molecule has 0 saturated carbocycles. The van der Waals surface area contributed by atoms with Crippen LogP contribution in [0.25, 0.3) is 5.69 Å². The number of carbonyl (C=O) groups excluding carboxylic acids is 1. The topological polar surface area (TPSA) is 34.0 Å². The molecule has 3 nitrogen and oxygen atoms in total. The van der Waals surface area contributed by atoms with E-state index in [0.29, 0.717) is 5.56 Å². The highest BCUT2D eigenvalue weighted by atomic mass is 19.2. The zero-order valence-electron chi connectivity index (χ0n) is 10.6. The Bertz CT molecular complexity index is 585. The minimum absolute atomic E-state index is 0.357. The fourth-order valence-corrected chi connectivity index (χ4v) is 2.13. The standard InChI is InChI=1S/C14H15FN2O/c1-9-4-6-12(7-5-9)17-10(2)8-13(11(17)3)14(18)16-15/h4-8H,1-3H3,(H,16,18). The quantitative estimate of drug-likeness (QED) is 0.812. The maximum atomic E-state index is 12.2. The molecule has 0 aliphatic carbocycles.